The number of carbonyl (C=O) groups is 2. The highest BCUT2D eigenvalue weighted by molar-refractivity contribution is 5.98. The Balaban J connectivity index is 1.20. The fourth-order valence-corrected chi connectivity index (χ4v) is 3.71. The first-order chi connectivity index (χ1) is 16.2. The summed E-state index contributed by atoms with van der Waals surface area (Å²) >= 11 is 0. The number of nitrogens with one attached hydrogen (secondary N) is 1. The topological polar surface area (TPSA) is 89.4 Å². The van der Waals surface area contributed by atoms with Crippen LogP contribution in [0.1, 0.15) is 16.8 Å². The highest BCUT2D eigenvalue weighted by atomic mass is 16.5. The van der Waals surface area contributed by atoms with Gasteiger partial charge in [0.1, 0.15) is 23.6 Å². The van der Waals surface area contributed by atoms with E-state index in [0.29, 0.717) is 23.7 Å². The van der Waals surface area contributed by atoms with Crippen LogP contribution in [0.3, 0.4) is 0 Å². The Morgan fingerprint density at radius 3 is 2.48 bits per heavy atom. The predicted octanol–water partition coefficient (Wildman–Crippen LogP) is 3.59. The smallest absolute Gasteiger partial charge is 0.253 e. The maximum absolute atomic E-state index is 12.6. The number of amides is 2. The average Bonchev–Trinajstić information content (AvgIpc) is 3.51. The molecule has 3 heterocycles. The van der Waals surface area contributed by atoms with E-state index in [1.165, 1.54) is 6.20 Å². The van der Waals surface area contributed by atoms with Crippen molar-refractivity contribution in [2.24, 2.45) is 0 Å². The molecular formula is C25H21N5O3. The summed E-state index contributed by atoms with van der Waals surface area (Å²) in [4.78, 5) is 35.2. The largest absolute Gasteiger partial charge is 0.457 e. The lowest BCUT2D eigenvalue weighted by Gasteiger charge is -2.18. The molecule has 5 rings (SSSR count). The number of ether oxygens (including phenoxy) is 1. The quantitative estimate of drug-likeness (QED) is 0.496. The van der Waals surface area contributed by atoms with Gasteiger partial charge in [-0.2, -0.15) is 0 Å². The summed E-state index contributed by atoms with van der Waals surface area (Å²) in [6, 6.07) is 20.0. The molecule has 0 spiro atoms. The molecule has 0 aliphatic carbocycles. The summed E-state index contributed by atoms with van der Waals surface area (Å²) < 4.78 is 7.56. The molecule has 1 atom stereocenters. The zero-order valence-electron chi connectivity index (χ0n) is 17.7. The molecule has 0 unspecified atom stereocenters. The van der Waals surface area contributed by atoms with Crippen molar-refractivity contribution in [3.63, 3.8) is 0 Å². The van der Waals surface area contributed by atoms with E-state index in [-0.39, 0.29) is 24.3 Å². The molecule has 8 heteroatoms. The standard InChI is InChI=1S/C25H21N5O3/c31-24-14-19(28-25(32)18-6-11-23(27-15-18)29-13-12-26-17-29)16-30(24)20-7-9-22(10-8-20)33-21-4-2-1-3-5-21/h1-13,15,17,19H,14,16H2,(H,28,32)/t19-/m0/s1. The molecule has 0 radical (unpaired) electrons. The Labute approximate surface area is 190 Å². The van der Waals surface area contributed by atoms with Crippen molar-refractivity contribution in [2.45, 2.75) is 12.5 Å². The molecule has 8 nitrogen and oxygen atoms in total. The molecule has 0 saturated carbocycles. The number of aromatic nitrogens is 3. The van der Waals surface area contributed by atoms with Crippen LogP contribution in [0.5, 0.6) is 11.5 Å². The summed E-state index contributed by atoms with van der Waals surface area (Å²) in [6.07, 6.45) is 6.84. The van der Waals surface area contributed by atoms with Gasteiger partial charge in [0.15, 0.2) is 0 Å². The Hall–Kier alpha value is -4.46. The predicted molar refractivity (Wildman–Crippen MR) is 123 cm³/mol. The SMILES string of the molecule is O=C(N[C@H]1CC(=O)N(c2ccc(Oc3ccccc3)cc2)C1)c1ccc(-n2ccnc2)nc1. The second kappa shape index (κ2) is 8.96. The van der Waals surface area contributed by atoms with Gasteiger partial charge in [-0.05, 0) is 48.5 Å². The van der Waals surface area contributed by atoms with Gasteiger partial charge in [-0.15, -0.1) is 0 Å². The number of hydrogen-bond donors (Lipinski definition) is 1. The number of imidazole rings is 1. The van der Waals surface area contributed by atoms with Crippen LogP contribution in [0.4, 0.5) is 5.69 Å². The monoisotopic (exact) mass is 439 g/mol. The van der Waals surface area contributed by atoms with E-state index in [1.807, 2.05) is 54.6 Å². The van der Waals surface area contributed by atoms with E-state index >= 15 is 0 Å². The van der Waals surface area contributed by atoms with E-state index in [9.17, 15) is 9.59 Å². The van der Waals surface area contributed by atoms with E-state index < -0.39 is 0 Å². The molecule has 2 amide bonds. The molecule has 164 valence electrons. The van der Waals surface area contributed by atoms with Gasteiger partial charge in [0.2, 0.25) is 5.91 Å². The van der Waals surface area contributed by atoms with Crippen LogP contribution >= 0.6 is 0 Å². The van der Waals surface area contributed by atoms with Gasteiger partial charge in [-0.1, -0.05) is 18.2 Å². The van der Waals surface area contributed by atoms with Crippen LogP contribution in [0.15, 0.2) is 91.6 Å². The van der Waals surface area contributed by atoms with Crippen molar-refractivity contribution >= 4 is 17.5 Å². The molecule has 33 heavy (non-hydrogen) atoms. The summed E-state index contributed by atoms with van der Waals surface area (Å²) in [5, 5.41) is 2.94. The Morgan fingerprint density at radius 1 is 1.00 bits per heavy atom. The third kappa shape index (κ3) is 4.59. The van der Waals surface area contributed by atoms with Crippen LogP contribution in [-0.2, 0) is 4.79 Å². The summed E-state index contributed by atoms with van der Waals surface area (Å²) in [6.45, 7) is 0.407. The van der Waals surface area contributed by atoms with Gasteiger partial charge in [0, 0.05) is 37.2 Å². The Kier molecular flexibility index (Phi) is 5.55. The lowest BCUT2D eigenvalue weighted by Crippen LogP contribution is -2.37. The number of anilines is 1. The molecular weight excluding hydrogens is 418 g/mol. The van der Waals surface area contributed by atoms with Crippen LogP contribution in [0.2, 0.25) is 0 Å². The van der Waals surface area contributed by atoms with Crippen molar-refractivity contribution in [3.05, 3.63) is 97.2 Å². The van der Waals surface area contributed by atoms with Gasteiger partial charge >= 0.3 is 0 Å². The van der Waals surface area contributed by atoms with Crippen LogP contribution in [0, 0.1) is 0 Å². The number of para-hydroxylation sites is 1. The van der Waals surface area contributed by atoms with E-state index in [4.69, 9.17) is 4.74 Å². The van der Waals surface area contributed by atoms with Gasteiger partial charge in [0.05, 0.1) is 11.6 Å². The van der Waals surface area contributed by atoms with E-state index in [1.54, 1.807) is 40.3 Å². The second-order valence-corrected chi connectivity index (χ2v) is 7.66. The first kappa shape index (κ1) is 20.4. The first-order valence-corrected chi connectivity index (χ1v) is 10.5. The summed E-state index contributed by atoms with van der Waals surface area (Å²) in [7, 11) is 0. The maximum Gasteiger partial charge on any atom is 0.253 e. The number of hydrogen-bond acceptors (Lipinski definition) is 5. The molecule has 2 aromatic heterocycles. The van der Waals surface area contributed by atoms with Crippen molar-refractivity contribution in [1.29, 1.82) is 0 Å². The third-order valence-corrected chi connectivity index (χ3v) is 5.37. The van der Waals surface area contributed by atoms with Gasteiger partial charge in [-0.25, -0.2) is 9.97 Å². The molecule has 4 aromatic rings. The van der Waals surface area contributed by atoms with Gasteiger partial charge in [0.25, 0.3) is 5.91 Å². The Morgan fingerprint density at radius 2 is 1.79 bits per heavy atom. The summed E-state index contributed by atoms with van der Waals surface area (Å²) in [5.74, 6) is 1.81. The molecule has 1 aliphatic rings. The number of pyridine rings is 1. The molecule has 1 aliphatic heterocycles. The van der Waals surface area contributed by atoms with E-state index in [0.717, 1.165) is 11.4 Å². The molecule has 1 fully saturated rings. The molecule has 1 saturated heterocycles. The third-order valence-electron chi connectivity index (χ3n) is 5.37. The number of carbonyl (C=O) groups excluding carboxylic acids is 2. The van der Waals surface area contributed by atoms with Crippen molar-refractivity contribution in [2.75, 3.05) is 11.4 Å². The highest BCUT2D eigenvalue weighted by Crippen LogP contribution is 2.27. The molecule has 2 aromatic carbocycles. The zero-order chi connectivity index (χ0) is 22.6. The number of nitrogens with zero attached hydrogens (tertiary/aromatic N) is 4. The Bertz CT molecular complexity index is 1240. The van der Waals surface area contributed by atoms with Crippen LogP contribution < -0.4 is 15.0 Å². The second-order valence-electron chi connectivity index (χ2n) is 7.66. The minimum Gasteiger partial charge on any atom is -0.457 e. The summed E-state index contributed by atoms with van der Waals surface area (Å²) in [5.41, 5.74) is 1.20. The molecule has 0 bridgehead atoms. The lowest BCUT2D eigenvalue weighted by molar-refractivity contribution is -0.117. The number of benzene rings is 2. The van der Waals surface area contributed by atoms with Crippen molar-refractivity contribution in [1.82, 2.24) is 19.9 Å². The lowest BCUT2D eigenvalue weighted by atomic mass is 10.2. The fraction of sp³-hybridized carbons (Fsp3) is 0.120. The maximum atomic E-state index is 12.6. The fourth-order valence-electron chi connectivity index (χ4n) is 3.71. The first-order valence-electron chi connectivity index (χ1n) is 10.5. The normalized spacial score (nSPS) is 15.5. The van der Waals surface area contributed by atoms with Crippen molar-refractivity contribution in [3.8, 4) is 17.3 Å². The minimum absolute atomic E-state index is 0.0365. The van der Waals surface area contributed by atoms with Crippen LogP contribution in [-0.4, -0.2) is 38.9 Å². The zero-order valence-corrected chi connectivity index (χ0v) is 17.7. The van der Waals surface area contributed by atoms with Crippen molar-refractivity contribution < 1.29 is 14.3 Å². The van der Waals surface area contributed by atoms with Crippen LogP contribution in [0.25, 0.3) is 5.82 Å². The average molecular weight is 439 g/mol. The van der Waals surface area contributed by atoms with E-state index in [2.05, 4.69) is 15.3 Å². The minimum atomic E-state index is -0.279. The molecule has 1 N–H and O–H groups in total. The van der Waals surface area contributed by atoms with Gasteiger partial charge in [-0.3, -0.25) is 14.2 Å². The van der Waals surface area contributed by atoms with Gasteiger partial charge < -0.3 is 15.0 Å². The highest BCUT2D eigenvalue weighted by Gasteiger charge is 2.31. The number of rotatable bonds is 6.